The summed E-state index contributed by atoms with van der Waals surface area (Å²) in [5.41, 5.74) is 6.06. The van der Waals surface area contributed by atoms with Crippen LogP contribution < -0.4 is 5.73 Å². The molecule has 0 bridgehead atoms. The maximum absolute atomic E-state index is 12.0. The van der Waals surface area contributed by atoms with E-state index in [4.69, 9.17) is 10.2 Å². The van der Waals surface area contributed by atoms with Crippen molar-refractivity contribution in [1.82, 2.24) is 4.90 Å². The maximum Gasteiger partial charge on any atom is 0.401 e. The van der Waals surface area contributed by atoms with Crippen molar-refractivity contribution in [1.29, 1.82) is 0 Å². The Labute approximate surface area is 85.6 Å². The highest BCUT2D eigenvalue weighted by atomic mass is 19.4. The molecule has 0 unspecified atom stereocenters. The second kappa shape index (κ2) is 4.67. The van der Waals surface area contributed by atoms with Gasteiger partial charge in [-0.05, 0) is 13.1 Å². The van der Waals surface area contributed by atoms with Gasteiger partial charge in [0.15, 0.2) is 0 Å². The lowest BCUT2D eigenvalue weighted by Crippen LogP contribution is -2.30. The molecule has 1 rings (SSSR count). The molecule has 3 nitrogen and oxygen atoms in total. The number of nitrogens with zero attached hydrogens (tertiary/aromatic N) is 1. The first-order valence-electron chi connectivity index (χ1n) is 4.43. The van der Waals surface area contributed by atoms with E-state index in [1.54, 1.807) is 6.07 Å². The molecular formula is C9H13F3N2O. The zero-order chi connectivity index (χ0) is 11.5. The molecule has 0 aliphatic heterocycles. The number of halogens is 3. The first-order valence-corrected chi connectivity index (χ1v) is 4.43. The lowest BCUT2D eigenvalue weighted by Gasteiger charge is -2.18. The van der Waals surface area contributed by atoms with E-state index >= 15 is 0 Å². The van der Waals surface area contributed by atoms with E-state index in [1.165, 1.54) is 18.2 Å². The van der Waals surface area contributed by atoms with Crippen LogP contribution in [0.1, 0.15) is 11.3 Å². The predicted molar refractivity (Wildman–Crippen MR) is 49.0 cm³/mol. The Morgan fingerprint density at radius 3 is 2.67 bits per heavy atom. The number of nitrogens with two attached hydrogens (primary N) is 1. The summed E-state index contributed by atoms with van der Waals surface area (Å²) < 4.78 is 41.1. The van der Waals surface area contributed by atoms with Crippen LogP contribution in [0.4, 0.5) is 13.2 Å². The summed E-state index contributed by atoms with van der Waals surface area (Å²) in [6.07, 6.45) is -2.75. The average Bonchev–Trinajstić information content (AvgIpc) is 2.48. The molecule has 0 fully saturated rings. The van der Waals surface area contributed by atoms with Crippen molar-refractivity contribution in [3.05, 3.63) is 23.7 Å². The third-order valence-corrected chi connectivity index (χ3v) is 1.91. The molecule has 1 heterocycles. The van der Waals surface area contributed by atoms with E-state index in [0.29, 0.717) is 11.3 Å². The van der Waals surface area contributed by atoms with Crippen LogP contribution in [0, 0.1) is 0 Å². The van der Waals surface area contributed by atoms with Crippen molar-refractivity contribution in [2.45, 2.75) is 19.3 Å². The second-order valence-electron chi connectivity index (χ2n) is 3.36. The highest BCUT2D eigenvalue weighted by molar-refractivity contribution is 5.16. The molecule has 6 heteroatoms. The standard InChI is InChI=1S/C9H13F3N2O/c1-14(6-9(10,11)12)5-7-2-3-15-8(7)4-13/h2-3H,4-6,13H2,1H3. The first kappa shape index (κ1) is 12.1. The van der Waals surface area contributed by atoms with Gasteiger partial charge < -0.3 is 10.2 Å². The minimum absolute atomic E-state index is 0.183. The number of rotatable bonds is 4. The van der Waals surface area contributed by atoms with Gasteiger partial charge in [-0.2, -0.15) is 13.2 Å². The zero-order valence-corrected chi connectivity index (χ0v) is 8.34. The Morgan fingerprint density at radius 1 is 1.47 bits per heavy atom. The molecule has 0 amide bonds. The smallest absolute Gasteiger partial charge is 0.401 e. The van der Waals surface area contributed by atoms with Crippen LogP contribution in [0.25, 0.3) is 0 Å². The summed E-state index contributed by atoms with van der Waals surface area (Å²) in [5.74, 6) is 0.532. The minimum Gasteiger partial charge on any atom is -0.468 e. The van der Waals surface area contributed by atoms with Gasteiger partial charge in [0.25, 0.3) is 0 Å². The van der Waals surface area contributed by atoms with Gasteiger partial charge in [0.1, 0.15) is 5.76 Å². The van der Waals surface area contributed by atoms with Crippen molar-refractivity contribution >= 4 is 0 Å². The summed E-state index contributed by atoms with van der Waals surface area (Å²) in [6, 6.07) is 1.63. The lowest BCUT2D eigenvalue weighted by atomic mass is 10.2. The van der Waals surface area contributed by atoms with E-state index in [-0.39, 0.29) is 13.1 Å². The minimum atomic E-state index is -4.18. The Hall–Kier alpha value is -1.01. The van der Waals surface area contributed by atoms with Crippen molar-refractivity contribution < 1.29 is 17.6 Å². The Kier molecular flexibility index (Phi) is 3.76. The van der Waals surface area contributed by atoms with Gasteiger partial charge in [0.2, 0.25) is 0 Å². The van der Waals surface area contributed by atoms with Crippen LogP contribution >= 0.6 is 0 Å². The third-order valence-electron chi connectivity index (χ3n) is 1.91. The van der Waals surface area contributed by atoms with Crippen LogP contribution in [-0.2, 0) is 13.1 Å². The molecule has 0 aliphatic carbocycles. The summed E-state index contributed by atoms with van der Waals surface area (Å²) in [5, 5.41) is 0. The zero-order valence-electron chi connectivity index (χ0n) is 8.34. The monoisotopic (exact) mass is 222 g/mol. The SMILES string of the molecule is CN(Cc1ccoc1CN)CC(F)(F)F. The molecule has 0 radical (unpaired) electrons. The van der Waals surface area contributed by atoms with Gasteiger partial charge in [0, 0.05) is 12.1 Å². The molecule has 15 heavy (non-hydrogen) atoms. The third kappa shape index (κ3) is 3.93. The molecule has 0 saturated carbocycles. The van der Waals surface area contributed by atoms with Gasteiger partial charge in [-0.3, -0.25) is 4.90 Å². The predicted octanol–water partition coefficient (Wildman–Crippen LogP) is 1.73. The summed E-state index contributed by atoms with van der Waals surface area (Å²) in [6.45, 7) is -0.563. The fraction of sp³-hybridized carbons (Fsp3) is 0.556. The molecule has 1 aromatic heterocycles. The van der Waals surface area contributed by atoms with E-state index in [1.807, 2.05) is 0 Å². The molecule has 86 valence electrons. The number of hydrogen-bond acceptors (Lipinski definition) is 3. The normalized spacial score (nSPS) is 12.4. The number of alkyl halides is 3. The molecule has 0 saturated heterocycles. The Morgan fingerprint density at radius 2 is 2.13 bits per heavy atom. The highest BCUT2D eigenvalue weighted by Crippen LogP contribution is 2.18. The summed E-state index contributed by atoms with van der Waals surface area (Å²) >= 11 is 0. The Bertz CT molecular complexity index is 309. The van der Waals surface area contributed by atoms with E-state index in [0.717, 1.165) is 0 Å². The van der Waals surface area contributed by atoms with Crippen LogP contribution in [0.15, 0.2) is 16.7 Å². The van der Waals surface area contributed by atoms with Gasteiger partial charge in [-0.25, -0.2) is 0 Å². The summed E-state index contributed by atoms with van der Waals surface area (Å²) in [4.78, 5) is 1.17. The van der Waals surface area contributed by atoms with E-state index in [9.17, 15) is 13.2 Å². The van der Waals surface area contributed by atoms with E-state index < -0.39 is 12.7 Å². The molecule has 1 aromatic rings. The van der Waals surface area contributed by atoms with Crippen molar-refractivity contribution in [2.24, 2.45) is 5.73 Å². The first-order chi connectivity index (χ1) is 6.92. The van der Waals surface area contributed by atoms with Gasteiger partial charge in [0.05, 0.1) is 19.4 Å². The second-order valence-corrected chi connectivity index (χ2v) is 3.36. The van der Waals surface area contributed by atoms with Crippen LogP contribution in [0.2, 0.25) is 0 Å². The van der Waals surface area contributed by atoms with Crippen LogP contribution in [-0.4, -0.2) is 24.7 Å². The average molecular weight is 222 g/mol. The van der Waals surface area contributed by atoms with Gasteiger partial charge in [-0.1, -0.05) is 0 Å². The topological polar surface area (TPSA) is 42.4 Å². The van der Waals surface area contributed by atoms with Crippen molar-refractivity contribution in [2.75, 3.05) is 13.6 Å². The largest absolute Gasteiger partial charge is 0.468 e. The van der Waals surface area contributed by atoms with Crippen LogP contribution in [0.5, 0.6) is 0 Å². The molecular weight excluding hydrogens is 209 g/mol. The van der Waals surface area contributed by atoms with Gasteiger partial charge >= 0.3 is 6.18 Å². The van der Waals surface area contributed by atoms with Crippen molar-refractivity contribution in [3.8, 4) is 0 Å². The van der Waals surface area contributed by atoms with E-state index in [2.05, 4.69) is 0 Å². The summed E-state index contributed by atoms with van der Waals surface area (Å²) in [7, 11) is 1.40. The molecule has 0 aromatic carbocycles. The Balaban J connectivity index is 2.55. The molecule has 0 atom stereocenters. The van der Waals surface area contributed by atoms with Crippen LogP contribution in [0.3, 0.4) is 0 Å². The number of furan rings is 1. The van der Waals surface area contributed by atoms with Crippen molar-refractivity contribution in [3.63, 3.8) is 0 Å². The number of hydrogen-bond donors (Lipinski definition) is 1. The fourth-order valence-corrected chi connectivity index (χ4v) is 1.34. The molecule has 0 spiro atoms. The quantitative estimate of drug-likeness (QED) is 0.843. The molecule has 0 aliphatic rings. The van der Waals surface area contributed by atoms with Gasteiger partial charge in [-0.15, -0.1) is 0 Å². The highest BCUT2D eigenvalue weighted by Gasteiger charge is 2.29. The lowest BCUT2D eigenvalue weighted by molar-refractivity contribution is -0.144. The fourth-order valence-electron chi connectivity index (χ4n) is 1.34. The molecule has 2 N–H and O–H groups in total. The maximum atomic E-state index is 12.0.